The molecule has 0 aromatic heterocycles. The summed E-state index contributed by atoms with van der Waals surface area (Å²) in [5.41, 5.74) is 1.80. The lowest BCUT2D eigenvalue weighted by molar-refractivity contribution is 0.274. The zero-order chi connectivity index (χ0) is 8.55. The minimum absolute atomic E-state index is 0.0446. The molecular formula is C8H11BO3. The Labute approximate surface area is 71.5 Å². The molecule has 2 rings (SSSR count). The van der Waals surface area contributed by atoms with Gasteiger partial charge in [0.25, 0.3) is 0 Å². The van der Waals surface area contributed by atoms with E-state index in [1.807, 2.05) is 12.2 Å². The highest BCUT2D eigenvalue weighted by molar-refractivity contribution is 6.53. The highest BCUT2D eigenvalue weighted by atomic mass is 16.5. The Hall–Kier alpha value is -0.575. The van der Waals surface area contributed by atoms with E-state index in [1.54, 1.807) is 0 Å². The van der Waals surface area contributed by atoms with Gasteiger partial charge in [-0.1, -0.05) is 12.2 Å². The van der Waals surface area contributed by atoms with Gasteiger partial charge in [-0.05, 0) is 17.5 Å². The van der Waals surface area contributed by atoms with E-state index in [4.69, 9.17) is 9.76 Å². The van der Waals surface area contributed by atoms with Gasteiger partial charge in [0.1, 0.15) is 0 Å². The average Bonchev–Trinajstić information content (AvgIpc) is 2.47. The molecule has 0 aromatic carbocycles. The lowest BCUT2D eigenvalue weighted by Gasteiger charge is -2.14. The molecule has 0 spiro atoms. The SMILES string of the molecule is OCC1=CCC2COB(O)C2=C1. The third-order valence-corrected chi connectivity index (χ3v) is 2.41. The molecule has 0 aromatic rings. The Morgan fingerprint density at radius 3 is 3.25 bits per heavy atom. The molecule has 1 atom stereocenters. The van der Waals surface area contributed by atoms with E-state index in [-0.39, 0.29) is 6.61 Å². The summed E-state index contributed by atoms with van der Waals surface area (Å²) in [6.07, 6.45) is 4.71. The van der Waals surface area contributed by atoms with Crippen molar-refractivity contribution in [2.45, 2.75) is 6.42 Å². The van der Waals surface area contributed by atoms with Gasteiger partial charge in [0.15, 0.2) is 0 Å². The minimum Gasteiger partial charge on any atom is -0.423 e. The van der Waals surface area contributed by atoms with Crippen molar-refractivity contribution < 1.29 is 14.8 Å². The van der Waals surface area contributed by atoms with Crippen LogP contribution >= 0.6 is 0 Å². The number of fused-ring (bicyclic) bond motifs is 1. The molecule has 3 nitrogen and oxygen atoms in total. The molecule has 64 valence electrons. The molecule has 1 aliphatic heterocycles. The van der Waals surface area contributed by atoms with Crippen molar-refractivity contribution in [3.05, 3.63) is 23.2 Å². The molecule has 2 aliphatic rings. The maximum Gasteiger partial charge on any atom is 0.487 e. The Bertz CT molecular complexity index is 247. The zero-order valence-electron chi connectivity index (χ0n) is 6.73. The van der Waals surface area contributed by atoms with Crippen LogP contribution in [0.2, 0.25) is 0 Å². The largest absolute Gasteiger partial charge is 0.487 e. The van der Waals surface area contributed by atoms with Crippen LogP contribution in [0.5, 0.6) is 0 Å². The van der Waals surface area contributed by atoms with Gasteiger partial charge >= 0.3 is 7.12 Å². The molecule has 12 heavy (non-hydrogen) atoms. The standard InChI is InChI=1S/C8H11BO3/c10-4-6-1-2-7-5-12-9(11)8(7)3-6/h1,3,7,10-11H,2,4-5H2. The van der Waals surface area contributed by atoms with Crippen LogP contribution < -0.4 is 0 Å². The van der Waals surface area contributed by atoms with Crippen LogP contribution in [0, 0.1) is 5.92 Å². The summed E-state index contributed by atoms with van der Waals surface area (Å²) in [6, 6.07) is 0. The summed E-state index contributed by atoms with van der Waals surface area (Å²) in [5.74, 6) is 0.329. The first-order valence-corrected chi connectivity index (χ1v) is 4.12. The fourth-order valence-corrected chi connectivity index (χ4v) is 1.67. The molecule has 1 saturated heterocycles. The van der Waals surface area contributed by atoms with Crippen molar-refractivity contribution in [2.24, 2.45) is 5.92 Å². The summed E-state index contributed by atoms with van der Waals surface area (Å²) < 4.78 is 5.06. The van der Waals surface area contributed by atoms with E-state index in [0.29, 0.717) is 12.5 Å². The lowest BCUT2D eigenvalue weighted by Crippen LogP contribution is -2.16. The van der Waals surface area contributed by atoms with Crippen LogP contribution in [0.1, 0.15) is 6.42 Å². The fourth-order valence-electron chi connectivity index (χ4n) is 1.67. The number of hydrogen-bond donors (Lipinski definition) is 2. The summed E-state index contributed by atoms with van der Waals surface area (Å²) in [7, 11) is -0.745. The van der Waals surface area contributed by atoms with Gasteiger partial charge in [-0.3, -0.25) is 0 Å². The summed E-state index contributed by atoms with van der Waals surface area (Å²) >= 11 is 0. The quantitative estimate of drug-likeness (QED) is 0.534. The number of hydrogen-bond acceptors (Lipinski definition) is 3. The Balaban J connectivity index is 2.21. The van der Waals surface area contributed by atoms with Crippen LogP contribution in [-0.2, 0) is 4.65 Å². The van der Waals surface area contributed by atoms with E-state index in [9.17, 15) is 5.02 Å². The topological polar surface area (TPSA) is 49.7 Å². The van der Waals surface area contributed by atoms with Crippen molar-refractivity contribution >= 4 is 7.12 Å². The molecule has 0 bridgehead atoms. The van der Waals surface area contributed by atoms with Gasteiger partial charge < -0.3 is 14.8 Å². The Morgan fingerprint density at radius 2 is 2.50 bits per heavy atom. The first-order valence-electron chi connectivity index (χ1n) is 4.12. The second-order valence-corrected chi connectivity index (χ2v) is 3.20. The van der Waals surface area contributed by atoms with Gasteiger partial charge in [-0.25, -0.2) is 0 Å². The monoisotopic (exact) mass is 166 g/mol. The van der Waals surface area contributed by atoms with Crippen LogP contribution in [-0.4, -0.2) is 30.5 Å². The summed E-state index contributed by atoms with van der Waals surface area (Å²) in [4.78, 5) is 0. The predicted molar refractivity (Wildman–Crippen MR) is 45.3 cm³/mol. The first kappa shape index (κ1) is 8.04. The molecule has 4 heteroatoms. The first-order chi connectivity index (χ1) is 5.81. The van der Waals surface area contributed by atoms with E-state index in [1.165, 1.54) is 0 Å². The fraction of sp³-hybridized carbons (Fsp3) is 0.500. The molecule has 0 saturated carbocycles. The van der Waals surface area contributed by atoms with Gasteiger partial charge in [0.05, 0.1) is 6.61 Å². The van der Waals surface area contributed by atoms with E-state index in [2.05, 4.69) is 0 Å². The van der Waals surface area contributed by atoms with Crippen molar-refractivity contribution in [1.29, 1.82) is 0 Å². The zero-order valence-corrected chi connectivity index (χ0v) is 6.73. The van der Waals surface area contributed by atoms with Gasteiger partial charge in [-0.15, -0.1) is 0 Å². The van der Waals surface area contributed by atoms with Crippen LogP contribution in [0.3, 0.4) is 0 Å². The normalized spacial score (nSPS) is 28.2. The minimum atomic E-state index is -0.745. The second-order valence-electron chi connectivity index (χ2n) is 3.20. The summed E-state index contributed by atoms with van der Waals surface area (Å²) in [6.45, 7) is 0.644. The predicted octanol–water partition coefficient (Wildman–Crippen LogP) is -0.0987. The van der Waals surface area contributed by atoms with Crippen molar-refractivity contribution in [1.82, 2.24) is 0 Å². The molecule has 1 unspecified atom stereocenters. The molecular weight excluding hydrogens is 155 g/mol. The lowest BCUT2D eigenvalue weighted by atomic mass is 9.71. The molecule has 1 heterocycles. The molecule has 1 aliphatic carbocycles. The molecule has 0 radical (unpaired) electrons. The average molecular weight is 166 g/mol. The van der Waals surface area contributed by atoms with Crippen molar-refractivity contribution in [3.63, 3.8) is 0 Å². The van der Waals surface area contributed by atoms with E-state index >= 15 is 0 Å². The second kappa shape index (κ2) is 3.05. The maximum absolute atomic E-state index is 9.34. The van der Waals surface area contributed by atoms with Gasteiger partial charge in [0.2, 0.25) is 0 Å². The third-order valence-electron chi connectivity index (χ3n) is 2.41. The van der Waals surface area contributed by atoms with Crippen LogP contribution in [0.25, 0.3) is 0 Å². The van der Waals surface area contributed by atoms with Crippen molar-refractivity contribution in [2.75, 3.05) is 13.2 Å². The highest BCUT2D eigenvalue weighted by Crippen LogP contribution is 2.30. The Morgan fingerprint density at radius 1 is 1.67 bits per heavy atom. The van der Waals surface area contributed by atoms with Gasteiger partial charge in [-0.2, -0.15) is 0 Å². The Kier molecular flexibility index (Phi) is 2.04. The smallest absolute Gasteiger partial charge is 0.423 e. The number of rotatable bonds is 1. The highest BCUT2D eigenvalue weighted by Gasteiger charge is 2.35. The van der Waals surface area contributed by atoms with E-state index in [0.717, 1.165) is 17.5 Å². The molecule has 2 N–H and O–H groups in total. The van der Waals surface area contributed by atoms with E-state index < -0.39 is 7.12 Å². The molecule has 0 amide bonds. The molecule has 1 fully saturated rings. The summed E-state index contributed by atoms with van der Waals surface area (Å²) in [5, 5.41) is 18.2. The number of aliphatic hydroxyl groups is 1. The maximum atomic E-state index is 9.34. The number of aliphatic hydroxyl groups excluding tert-OH is 1. The van der Waals surface area contributed by atoms with Crippen LogP contribution in [0.15, 0.2) is 23.2 Å². The van der Waals surface area contributed by atoms with Crippen molar-refractivity contribution in [3.8, 4) is 0 Å². The number of allylic oxidation sites excluding steroid dienone is 1. The van der Waals surface area contributed by atoms with Gasteiger partial charge in [0, 0.05) is 12.5 Å². The van der Waals surface area contributed by atoms with Crippen LogP contribution in [0.4, 0.5) is 0 Å². The third kappa shape index (κ3) is 1.22.